The van der Waals surface area contributed by atoms with E-state index < -0.39 is 0 Å². The van der Waals surface area contributed by atoms with Crippen LogP contribution in [0.2, 0.25) is 0 Å². The molecule has 3 aliphatic carbocycles. The van der Waals surface area contributed by atoms with Gasteiger partial charge in [-0.3, -0.25) is 0 Å². The van der Waals surface area contributed by atoms with E-state index in [1.807, 2.05) is 12.1 Å². The first-order chi connectivity index (χ1) is 9.52. The van der Waals surface area contributed by atoms with Crippen molar-refractivity contribution in [3.8, 4) is 12.3 Å². The molecule has 3 saturated carbocycles. The number of ether oxygens (including phenoxy) is 1. The van der Waals surface area contributed by atoms with Gasteiger partial charge >= 0.3 is 0 Å². The number of terminal acetylenes is 1. The maximum absolute atomic E-state index is 6.20. The maximum atomic E-state index is 6.20. The lowest BCUT2D eigenvalue weighted by Crippen LogP contribution is -2.57. The van der Waals surface area contributed by atoms with Crippen molar-refractivity contribution in [1.82, 2.24) is 0 Å². The number of fused-ring (bicyclic) bond motifs is 2. The molecule has 1 aromatic carbocycles. The molecule has 1 heteroatoms. The summed E-state index contributed by atoms with van der Waals surface area (Å²) in [5.74, 6) is 5.03. The molecule has 3 fully saturated rings. The molecule has 0 spiro atoms. The molecule has 0 amide bonds. The van der Waals surface area contributed by atoms with Crippen molar-refractivity contribution in [3.05, 3.63) is 35.4 Å². The van der Waals surface area contributed by atoms with Gasteiger partial charge in [0.05, 0.1) is 12.7 Å². The van der Waals surface area contributed by atoms with Crippen molar-refractivity contribution in [3.63, 3.8) is 0 Å². The van der Waals surface area contributed by atoms with Crippen molar-refractivity contribution in [2.24, 2.45) is 23.2 Å². The van der Waals surface area contributed by atoms with E-state index in [0.29, 0.717) is 24.0 Å². The minimum atomic E-state index is 0.430. The van der Waals surface area contributed by atoms with E-state index in [4.69, 9.17) is 11.2 Å². The third-order valence-corrected chi connectivity index (χ3v) is 5.87. The molecule has 0 aliphatic heterocycles. The first-order valence-corrected chi connectivity index (χ1v) is 7.69. The topological polar surface area (TPSA) is 9.23 Å². The van der Waals surface area contributed by atoms with Crippen LogP contribution in [0.5, 0.6) is 0 Å². The zero-order valence-electron chi connectivity index (χ0n) is 12.7. The highest BCUT2D eigenvalue weighted by Crippen LogP contribution is 2.61. The predicted octanol–water partition coefficient (Wildman–Crippen LogP) is 4.26. The summed E-state index contributed by atoms with van der Waals surface area (Å²) in [6.45, 7) is 7.93. The van der Waals surface area contributed by atoms with Gasteiger partial charge in [0, 0.05) is 5.56 Å². The fourth-order valence-corrected chi connectivity index (χ4v) is 4.22. The first kappa shape index (κ1) is 13.7. The van der Waals surface area contributed by atoms with Gasteiger partial charge in [0.25, 0.3) is 0 Å². The largest absolute Gasteiger partial charge is 0.373 e. The average Bonchev–Trinajstić information content (AvgIpc) is 2.46. The van der Waals surface area contributed by atoms with Crippen molar-refractivity contribution in [2.75, 3.05) is 0 Å². The van der Waals surface area contributed by atoms with Crippen LogP contribution < -0.4 is 0 Å². The number of hydrogen-bond donors (Lipinski definition) is 0. The number of benzene rings is 1. The summed E-state index contributed by atoms with van der Waals surface area (Å²) in [7, 11) is 0. The summed E-state index contributed by atoms with van der Waals surface area (Å²) in [5, 5.41) is 0. The van der Waals surface area contributed by atoms with E-state index in [-0.39, 0.29) is 0 Å². The molecule has 0 radical (unpaired) electrons. The van der Waals surface area contributed by atoms with Crippen LogP contribution in [0.4, 0.5) is 0 Å². The zero-order valence-corrected chi connectivity index (χ0v) is 12.7. The van der Waals surface area contributed by atoms with Crippen LogP contribution in [0.3, 0.4) is 0 Å². The van der Waals surface area contributed by atoms with Crippen LogP contribution in [-0.2, 0) is 11.3 Å². The van der Waals surface area contributed by atoms with E-state index in [1.165, 1.54) is 18.4 Å². The highest BCUT2D eigenvalue weighted by molar-refractivity contribution is 5.33. The number of hydrogen-bond acceptors (Lipinski definition) is 1. The monoisotopic (exact) mass is 268 g/mol. The van der Waals surface area contributed by atoms with Gasteiger partial charge in [-0.15, -0.1) is 6.42 Å². The molecule has 4 atom stereocenters. The molecular weight excluding hydrogens is 244 g/mol. The lowest BCUT2D eigenvalue weighted by atomic mass is 9.45. The zero-order chi connectivity index (χ0) is 14.3. The van der Waals surface area contributed by atoms with Crippen LogP contribution >= 0.6 is 0 Å². The maximum Gasteiger partial charge on any atom is 0.0720 e. The molecule has 0 aromatic heterocycles. The Morgan fingerprint density at radius 2 is 1.95 bits per heavy atom. The summed E-state index contributed by atoms with van der Waals surface area (Å²) in [6, 6.07) is 8.13. The Morgan fingerprint density at radius 3 is 2.50 bits per heavy atom. The summed E-state index contributed by atoms with van der Waals surface area (Å²) >= 11 is 0. The van der Waals surface area contributed by atoms with E-state index in [2.05, 4.69) is 38.8 Å². The van der Waals surface area contributed by atoms with Gasteiger partial charge in [0.1, 0.15) is 0 Å². The van der Waals surface area contributed by atoms with Gasteiger partial charge in [0.15, 0.2) is 0 Å². The molecule has 0 heterocycles. The SMILES string of the molecule is C#Cc1ccc(COC2CC3CC(C2C)C3(C)C)cc1. The van der Waals surface area contributed by atoms with Crippen LogP contribution in [0.1, 0.15) is 44.7 Å². The van der Waals surface area contributed by atoms with Gasteiger partial charge < -0.3 is 4.74 Å². The van der Waals surface area contributed by atoms with E-state index in [9.17, 15) is 0 Å². The second-order valence-electron chi connectivity index (χ2n) is 7.15. The minimum absolute atomic E-state index is 0.430. The Kier molecular flexibility index (Phi) is 3.38. The highest BCUT2D eigenvalue weighted by Gasteiger charge is 2.56. The number of rotatable bonds is 3. The molecule has 106 valence electrons. The fraction of sp³-hybridized carbons (Fsp3) is 0.579. The van der Waals surface area contributed by atoms with Crippen LogP contribution in [0.15, 0.2) is 24.3 Å². The molecule has 1 nitrogen and oxygen atoms in total. The Hall–Kier alpha value is -1.26. The lowest BCUT2D eigenvalue weighted by Gasteiger charge is -2.61. The summed E-state index contributed by atoms with van der Waals surface area (Å²) < 4.78 is 6.20. The van der Waals surface area contributed by atoms with E-state index >= 15 is 0 Å². The molecule has 4 unspecified atom stereocenters. The summed E-state index contributed by atoms with van der Waals surface area (Å²) in [6.07, 6.45) is 8.44. The second kappa shape index (κ2) is 4.93. The smallest absolute Gasteiger partial charge is 0.0720 e. The molecule has 0 N–H and O–H groups in total. The highest BCUT2D eigenvalue weighted by atomic mass is 16.5. The fourth-order valence-electron chi connectivity index (χ4n) is 4.22. The molecule has 0 saturated heterocycles. The quantitative estimate of drug-likeness (QED) is 0.744. The summed E-state index contributed by atoms with van der Waals surface area (Å²) in [5.41, 5.74) is 2.69. The molecular formula is C19H24O. The van der Waals surface area contributed by atoms with Gasteiger partial charge in [0.2, 0.25) is 0 Å². The molecule has 4 rings (SSSR count). The van der Waals surface area contributed by atoms with Crippen molar-refractivity contribution in [1.29, 1.82) is 0 Å². The first-order valence-electron chi connectivity index (χ1n) is 7.69. The minimum Gasteiger partial charge on any atom is -0.373 e. The third-order valence-electron chi connectivity index (χ3n) is 5.87. The Bertz CT molecular complexity index is 520. The van der Waals surface area contributed by atoms with Crippen molar-refractivity contribution < 1.29 is 4.74 Å². The van der Waals surface area contributed by atoms with E-state index in [1.54, 1.807) is 0 Å². The standard InChI is InChI=1S/C19H24O/c1-5-14-6-8-15(9-7-14)12-20-18-11-16-10-17(13(18)2)19(16,3)4/h1,6-9,13,16-18H,10-12H2,2-4H3. The van der Waals surface area contributed by atoms with Gasteiger partial charge in [-0.1, -0.05) is 38.8 Å². The van der Waals surface area contributed by atoms with E-state index in [0.717, 1.165) is 17.4 Å². The molecule has 3 aliphatic rings. The molecule has 20 heavy (non-hydrogen) atoms. The van der Waals surface area contributed by atoms with Gasteiger partial charge in [-0.05, 0) is 53.7 Å². The van der Waals surface area contributed by atoms with Crippen molar-refractivity contribution in [2.45, 2.75) is 46.3 Å². The van der Waals surface area contributed by atoms with Crippen LogP contribution in [0, 0.1) is 35.5 Å². The molecule has 1 aromatic rings. The normalized spacial score (nSPS) is 34.1. The average molecular weight is 268 g/mol. The predicted molar refractivity (Wildman–Crippen MR) is 82.1 cm³/mol. The van der Waals surface area contributed by atoms with Gasteiger partial charge in [-0.2, -0.15) is 0 Å². The van der Waals surface area contributed by atoms with Gasteiger partial charge in [-0.25, -0.2) is 0 Å². The Balaban J connectivity index is 1.58. The second-order valence-corrected chi connectivity index (χ2v) is 7.15. The Labute approximate surface area is 122 Å². The summed E-state index contributed by atoms with van der Waals surface area (Å²) in [4.78, 5) is 0. The van der Waals surface area contributed by atoms with Crippen LogP contribution in [-0.4, -0.2) is 6.10 Å². The molecule has 2 bridgehead atoms. The lowest BCUT2D eigenvalue weighted by molar-refractivity contribution is -0.175. The van der Waals surface area contributed by atoms with Crippen molar-refractivity contribution >= 4 is 0 Å². The Morgan fingerprint density at radius 1 is 1.25 bits per heavy atom. The third kappa shape index (κ3) is 2.17. The van der Waals surface area contributed by atoms with Crippen LogP contribution in [0.25, 0.3) is 0 Å².